The average Bonchev–Trinajstić information content (AvgIpc) is 2.20. The number of anilines is 1. The van der Waals surface area contributed by atoms with E-state index >= 15 is 0 Å². The maximum Gasteiger partial charge on any atom is 0.387 e. The van der Waals surface area contributed by atoms with Gasteiger partial charge in [-0.3, -0.25) is 4.79 Å². The number of alkyl halides is 3. The van der Waals surface area contributed by atoms with Gasteiger partial charge < -0.3 is 10.1 Å². The van der Waals surface area contributed by atoms with Crippen LogP contribution in [0.15, 0.2) is 24.3 Å². The average molecular weight is 250 g/mol. The van der Waals surface area contributed by atoms with E-state index in [1.165, 1.54) is 24.3 Å². The van der Waals surface area contributed by atoms with Crippen LogP contribution in [0.5, 0.6) is 5.75 Å². The van der Waals surface area contributed by atoms with Crippen molar-refractivity contribution in [2.75, 3.05) is 11.2 Å². The van der Waals surface area contributed by atoms with E-state index in [2.05, 4.69) is 10.1 Å². The number of amides is 1. The summed E-state index contributed by atoms with van der Waals surface area (Å²) in [6.07, 6.45) is 0.205. The van der Waals surface area contributed by atoms with Crippen LogP contribution in [0.1, 0.15) is 6.42 Å². The second kappa shape index (κ2) is 6.27. The van der Waals surface area contributed by atoms with Crippen molar-refractivity contribution in [1.29, 1.82) is 0 Å². The van der Waals surface area contributed by atoms with Gasteiger partial charge in [0.15, 0.2) is 0 Å². The number of carbonyl (C=O) groups is 1. The lowest BCUT2D eigenvalue weighted by atomic mass is 10.3. The summed E-state index contributed by atoms with van der Waals surface area (Å²) in [6, 6.07) is 5.65. The van der Waals surface area contributed by atoms with Crippen molar-refractivity contribution >= 4 is 23.2 Å². The quantitative estimate of drug-likeness (QED) is 0.815. The minimum Gasteiger partial charge on any atom is -0.435 e. The van der Waals surface area contributed by atoms with Crippen molar-refractivity contribution < 1.29 is 18.3 Å². The van der Waals surface area contributed by atoms with Crippen LogP contribution < -0.4 is 10.1 Å². The van der Waals surface area contributed by atoms with Gasteiger partial charge in [0.1, 0.15) is 5.75 Å². The van der Waals surface area contributed by atoms with Crippen LogP contribution in [-0.4, -0.2) is 18.4 Å². The largest absolute Gasteiger partial charge is 0.435 e. The summed E-state index contributed by atoms with van der Waals surface area (Å²) in [4.78, 5) is 11.1. The van der Waals surface area contributed by atoms with E-state index in [-0.39, 0.29) is 24.0 Å². The van der Waals surface area contributed by atoms with Gasteiger partial charge in [0.05, 0.1) is 0 Å². The minimum atomic E-state index is -2.85. The molecule has 0 bridgehead atoms. The van der Waals surface area contributed by atoms with E-state index in [0.29, 0.717) is 5.69 Å². The van der Waals surface area contributed by atoms with Gasteiger partial charge in [0, 0.05) is 18.0 Å². The number of nitrogens with one attached hydrogen (secondary N) is 1. The molecule has 0 fully saturated rings. The molecule has 1 rings (SSSR count). The molecule has 0 aromatic heterocycles. The molecule has 0 heterocycles. The summed E-state index contributed by atoms with van der Waals surface area (Å²) < 4.78 is 27.8. The van der Waals surface area contributed by atoms with E-state index in [9.17, 15) is 13.6 Å². The Morgan fingerprint density at radius 2 is 2.00 bits per heavy atom. The number of rotatable bonds is 5. The number of hydrogen-bond donors (Lipinski definition) is 1. The van der Waals surface area contributed by atoms with Crippen LogP contribution in [0.25, 0.3) is 0 Å². The first-order chi connectivity index (χ1) is 7.61. The van der Waals surface area contributed by atoms with Gasteiger partial charge >= 0.3 is 6.61 Å². The number of hydrogen-bond acceptors (Lipinski definition) is 2. The maximum atomic E-state index is 11.8. The van der Waals surface area contributed by atoms with Crippen LogP contribution >= 0.6 is 11.6 Å². The fourth-order valence-corrected chi connectivity index (χ4v) is 1.20. The first-order valence-electron chi connectivity index (χ1n) is 4.52. The van der Waals surface area contributed by atoms with Crippen LogP contribution in [0, 0.1) is 0 Å². The minimum absolute atomic E-state index is 0.0466. The molecule has 1 aromatic carbocycles. The smallest absolute Gasteiger partial charge is 0.387 e. The number of halogens is 3. The van der Waals surface area contributed by atoms with Crippen molar-refractivity contribution in [2.45, 2.75) is 13.0 Å². The van der Waals surface area contributed by atoms with Crippen molar-refractivity contribution in [3.63, 3.8) is 0 Å². The van der Waals surface area contributed by atoms with Crippen molar-refractivity contribution in [2.24, 2.45) is 0 Å². The third kappa shape index (κ3) is 4.44. The predicted molar refractivity (Wildman–Crippen MR) is 57.0 cm³/mol. The fourth-order valence-electron chi connectivity index (χ4n) is 1.03. The van der Waals surface area contributed by atoms with Crippen LogP contribution in [0.4, 0.5) is 14.5 Å². The normalized spacial score (nSPS) is 10.2. The van der Waals surface area contributed by atoms with Gasteiger partial charge in [-0.25, -0.2) is 0 Å². The molecule has 0 aliphatic rings. The third-order valence-corrected chi connectivity index (χ3v) is 1.87. The Bertz CT molecular complexity index is 343. The molecule has 3 nitrogen and oxygen atoms in total. The second-order valence-corrected chi connectivity index (χ2v) is 3.27. The predicted octanol–water partition coefficient (Wildman–Crippen LogP) is 2.86. The van der Waals surface area contributed by atoms with Gasteiger partial charge in [-0.05, 0) is 24.3 Å². The van der Waals surface area contributed by atoms with Crippen LogP contribution in [0.3, 0.4) is 0 Å². The van der Waals surface area contributed by atoms with Crippen molar-refractivity contribution in [3.05, 3.63) is 24.3 Å². The van der Waals surface area contributed by atoms with E-state index in [1.807, 2.05) is 0 Å². The summed E-state index contributed by atoms with van der Waals surface area (Å²) in [5.74, 6) is 0.0566. The third-order valence-electron chi connectivity index (χ3n) is 1.68. The molecule has 0 saturated carbocycles. The van der Waals surface area contributed by atoms with Crippen LogP contribution in [-0.2, 0) is 4.79 Å². The highest BCUT2D eigenvalue weighted by molar-refractivity contribution is 6.19. The van der Waals surface area contributed by atoms with E-state index in [1.54, 1.807) is 0 Å². The van der Waals surface area contributed by atoms with Gasteiger partial charge in [0.2, 0.25) is 5.91 Å². The Morgan fingerprint density at radius 1 is 1.38 bits per heavy atom. The van der Waals surface area contributed by atoms with Gasteiger partial charge in [0.25, 0.3) is 0 Å². The number of benzene rings is 1. The zero-order valence-electron chi connectivity index (χ0n) is 8.25. The molecule has 0 aliphatic carbocycles. The zero-order valence-corrected chi connectivity index (χ0v) is 9.01. The molecule has 0 aliphatic heterocycles. The summed E-state index contributed by atoms with van der Waals surface area (Å²) in [6.45, 7) is -2.85. The Balaban J connectivity index is 2.54. The zero-order chi connectivity index (χ0) is 12.0. The molecule has 6 heteroatoms. The maximum absolute atomic E-state index is 11.8. The summed E-state index contributed by atoms with van der Waals surface area (Å²) in [7, 11) is 0. The van der Waals surface area contributed by atoms with Gasteiger partial charge in [-0.15, -0.1) is 11.6 Å². The summed E-state index contributed by atoms with van der Waals surface area (Å²) in [5, 5.41) is 2.56. The molecule has 0 atom stereocenters. The standard InChI is InChI=1S/C10H10ClF2NO2/c11-6-5-9(15)14-7-1-3-8(4-2-7)16-10(12)13/h1-4,10H,5-6H2,(H,14,15). The Hall–Kier alpha value is -1.36. The van der Waals surface area contributed by atoms with E-state index in [4.69, 9.17) is 11.6 Å². The van der Waals surface area contributed by atoms with Crippen molar-refractivity contribution in [1.82, 2.24) is 0 Å². The summed E-state index contributed by atoms with van der Waals surface area (Å²) >= 11 is 5.38. The Labute approximate surface area is 96.4 Å². The Morgan fingerprint density at radius 3 is 2.50 bits per heavy atom. The molecule has 1 aromatic rings. The highest BCUT2D eigenvalue weighted by Gasteiger charge is 2.05. The molecule has 88 valence electrons. The lowest BCUT2D eigenvalue weighted by molar-refractivity contribution is -0.115. The molecule has 16 heavy (non-hydrogen) atoms. The lowest BCUT2D eigenvalue weighted by Gasteiger charge is -2.06. The monoisotopic (exact) mass is 249 g/mol. The van der Waals surface area contributed by atoms with E-state index in [0.717, 1.165) is 0 Å². The number of carbonyl (C=O) groups excluding carboxylic acids is 1. The van der Waals surface area contributed by atoms with Crippen LogP contribution in [0.2, 0.25) is 0 Å². The first-order valence-corrected chi connectivity index (χ1v) is 5.06. The van der Waals surface area contributed by atoms with Gasteiger partial charge in [-0.1, -0.05) is 0 Å². The fraction of sp³-hybridized carbons (Fsp3) is 0.300. The molecular formula is C10H10ClF2NO2. The molecule has 0 radical (unpaired) electrons. The molecule has 1 amide bonds. The van der Waals surface area contributed by atoms with E-state index < -0.39 is 6.61 Å². The molecule has 0 unspecified atom stereocenters. The molecule has 0 saturated heterocycles. The first kappa shape index (κ1) is 12.7. The second-order valence-electron chi connectivity index (χ2n) is 2.89. The molecule has 0 spiro atoms. The molecule has 1 N–H and O–H groups in total. The summed E-state index contributed by atoms with van der Waals surface area (Å²) in [5.41, 5.74) is 0.511. The Kier molecular flexibility index (Phi) is 4.98. The number of ether oxygens (including phenoxy) is 1. The van der Waals surface area contributed by atoms with Gasteiger partial charge in [-0.2, -0.15) is 8.78 Å². The molecular weight excluding hydrogens is 240 g/mol. The SMILES string of the molecule is O=C(CCCl)Nc1ccc(OC(F)F)cc1. The highest BCUT2D eigenvalue weighted by Crippen LogP contribution is 2.17. The topological polar surface area (TPSA) is 38.3 Å². The highest BCUT2D eigenvalue weighted by atomic mass is 35.5. The van der Waals surface area contributed by atoms with Crippen molar-refractivity contribution in [3.8, 4) is 5.75 Å². The lowest BCUT2D eigenvalue weighted by Crippen LogP contribution is -2.11.